The molecule has 0 fully saturated rings. The average Bonchev–Trinajstić information content (AvgIpc) is 2.67. The molecule has 2 heteroatoms. The summed E-state index contributed by atoms with van der Waals surface area (Å²) in [5.74, 6) is 0.588. The molecule has 0 N–H and O–H groups in total. The van der Waals surface area contributed by atoms with Gasteiger partial charge in [0.05, 0.1) is 4.70 Å². The standard InChI is InChI=1S/C10H11NS.C2H6/c1-7(2)8-4-3-5-10-9(8)6-11-12-10;1-2/h3-7H,1-2H3;1-2H3. The summed E-state index contributed by atoms with van der Waals surface area (Å²) in [4.78, 5) is 0. The molecule has 0 atom stereocenters. The van der Waals surface area contributed by atoms with Gasteiger partial charge in [-0.15, -0.1) is 0 Å². The lowest BCUT2D eigenvalue weighted by molar-refractivity contribution is 0.876. The van der Waals surface area contributed by atoms with Crippen LogP contribution in [0.4, 0.5) is 0 Å². The highest BCUT2D eigenvalue weighted by molar-refractivity contribution is 7.13. The minimum atomic E-state index is 0.588. The molecule has 0 saturated heterocycles. The smallest absolute Gasteiger partial charge is 0.0552 e. The monoisotopic (exact) mass is 207 g/mol. The first-order chi connectivity index (χ1) is 6.79. The zero-order chi connectivity index (χ0) is 10.6. The van der Waals surface area contributed by atoms with Gasteiger partial charge in [-0.2, -0.15) is 4.37 Å². The van der Waals surface area contributed by atoms with Crippen molar-refractivity contribution in [1.29, 1.82) is 0 Å². The molecule has 2 rings (SSSR count). The molecule has 1 aromatic heterocycles. The quantitative estimate of drug-likeness (QED) is 0.673. The van der Waals surface area contributed by atoms with E-state index in [1.165, 1.54) is 15.6 Å². The van der Waals surface area contributed by atoms with E-state index in [0.29, 0.717) is 5.92 Å². The lowest BCUT2D eigenvalue weighted by Crippen LogP contribution is -1.86. The first-order valence-corrected chi connectivity index (χ1v) is 5.89. The Bertz CT molecular complexity index is 390. The maximum Gasteiger partial charge on any atom is 0.0552 e. The van der Waals surface area contributed by atoms with Gasteiger partial charge in [-0.05, 0) is 29.1 Å². The maximum atomic E-state index is 4.19. The topological polar surface area (TPSA) is 12.9 Å². The van der Waals surface area contributed by atoms with Gasteiger partial charge in [0.1, 0.15) is 0 Å². The fourth-order valence-electron chi connectivity index (χ4n) is 1.42. The third-order valence-corrected chi connectivity index (χ3v) is 2.82. The Hall–Kier alpha value is -0.890. The summed E-state index contributed by atoms with van der Waals surface area (Å²) < 4.78 is 5.48. The van der Waals surface area contributed by atoms with Crippen molar-refractivity contribution >= 4 is 21.6 Å². The summed E-state index contributed by atoms with van der Waals surface area (Å²) >= 11 is 1.57. The highest BCUT2D eigenvalue weighted by Gasteiger charge is 2.05. The minimum Gasteiger partial charge on any atom is -0.200 e. The predicted molar refractivity (Wildman–Crippen MR) is 65.1 cm³/mol. The number of fused-ring (bicyclic) bond motifs is 1. The molecular weight excluding hydrogens is 190 g/mol. The van der Waals surface area contributed by atoms with E-state index < -0.39 is 0 Å². The van der Waals surface area contributed by atoms with E-state index in [-0.39, 0.29) is 0 Å². The Labute approximate surface area is 89.9 Å². The van der Waals surface area contributed by atoms with Crippen molar-refractivity contribution in [3.05, 3.63) is 30.0 Å². The number of hydrogen-bond donors (Lipinski definition) is 0. The fourth-order valence-corrected chi connectivity index (χ4v) is 2.10. The highest BCUT2D eigenvalue weighted by atomic mass is 32.1. The second kappa shape index (κ2) is 5.11. The van der Waals surface area contributed by atoms with Crippen LogP contribution in [0.5, 0.6) is 0 Å². The first kappa shape index (κ1) is 11.2. The summed E-state index contributed by atoms with van der Waals surface area (Å²) in [7, 11) is 0. The first-order valence-electron chi connectivity index (χ1n) is 5.12. The van der Waals surface area contributed by atoms with Gasteiger partial charge in [-0.25, -0.2) is 0 Å². The number of benzene rings is 1. The van der Waals surface area contributed by atoms with Crippen molar-refractivity contribution < 1.29 is 0 Å². The molecule has 0 aliphatic rings. The van der Waals surface area contributed by atoms with Crippen molar-refractivity contribution in [3.8, 4) is 0 Å². The van der Waals surface area contributed by atoms with Gasteiger partial charge < -0.3 is 0 Å². The lowest BCUT2D eigenvalue weighted by atomic mass is 10.0. The van der Waals surface area contributed by atoms with E-state index in [1.807, 2.05) is 20.0 Å². The number of nitrogens with zero attached hydrogens (tertiary/aromatic N) is 1. The predicted octanol–water partition coefficient (Wildman–Crippen LogP) is 4.45. The van der Waals surface area contributed by atoms with Gasteiger partial charge in [0.2, 0.25) is 0 Å². The van der Waals surface area contributed by atoms with Gasteiger partial charge in [0.15, 0.2) is 0 Å². The van der Waals surface area contributed by atoms with Gasteiger partial charge in [0.25, 0.3) is 0 Å². The van der Waals surface area contributed by atoms with Crippen LogP contribution in [0.2, 0.25) is 0 Å². The largest absolute Gasteiger partial charge is 0.200 e. The van der Waals surface area contributed by atoms with Crippen LogP contribution in [0.25, 0.3) is 10.1 Å². The van der Waals surface area contributed by atoms with E-state index in [9.17, 15) is 0 Å². The van der Waals surface area contributed by atoms with E-state index >= 15 is 0 Å². The van der Waals surface area contributed by atoms with Crippen LogP contribution in [0.1, 0.15) is 39.2 Å². The Balaban J connectivity index is 0.000000461. The van der Waals surface area contributed by atoms with E-state index in [4.69, 9.17) is 0 Å². The van der Waals surface area contributed by atoms with Crippen LogP contribution in [-0.4, -0.2) is 4.37 Å². The van der Waals surface area contributed by atoms with Crippen molar-refractivity contribution in [2.45, 2.75) is 33.6 Å². The van der Waals surface area contributed by atoms with Crippen LogP contribution in [-0.2, 0) is 0 Å². The van der Waals surface area contributed by atoms with Gasteiger partial charge in [-0.1, -0.05) is 39.8 Å². The third kappa shape index (κ3) is 2.13. The number of hydrogen-bond acceptors (Lipinski definition) is 2. The van der Waals surface area contributed by atoms with E-state index in [1.54, 1.807) is 11.5 Å². The van der Waals surface area contributed by atoms with E-state index in [0.717, 1.165) is 0 Å². The SMILES string of the molecule is CC.CC(C)c1cccc2sncc12. The van der Waals surface area contributed by atoms with Crippen molar-refractivity contribution in [2.75, 3.05) is 0 Å². The fraction of sp³-hybridized carbons (Fsp3) is 0.417. The summed E-state index contributed by atoms with van der Waals surface area (Å²) in [5, 5.41) is 1.32. The molecule has 76 valence electrons. The molecule has 0 saturated carbocycles. The molecule has 1 aromatic carbocycles. The normalized spacial score (nSPS) is 10.1. The molecule has 0 bridgehead atoms. The molecule has 0 amide bonds. The molecule has 14 heavy (non-hydrogen) atoms. The van der Waals surface area contributed by atoms with Gasteiger partial charge in [0, 0.05) is 11.6 Å². The molecule has 0 spiro atoms. The summed E-state index contributed by atoms with van der Waals surface area (Å²) in [5.41, 5.74) is 1.40. The maximum absolute atomic E-state index is 4.19. The van der Waals surface area contributed by atoms with E-state index in [2.05, 4.69) is 36.4 Å². The number of rotatable bonds is 1. The Morgan fingerprint density at radius 3 is 2.57 bits per heavy atom. The molecule has 1 nitrogen and oxygen atoms in total. The highest BCUT2D eigenvalue weighted by Crippen LogP contribution is 2.26. The van der Waals surface area contributed by atoms with Crippen LogP contribution in [0.3, 0.4) is 0 Å². The Kier molecular flexibility index (Phi) is 4.08. The number of aromatic nitrogens is 1. The summed E-state index contributed by atoms with van der Waals surface area (Å²) in [6, 6.07) is 6.41. The second-order valence-electron chi connectivity index (χ2n) is 3.24. The Morgan fingerprint density at radius 1 is 1.21 bits per heavy atom. The summed E-state index contributed by atoms with van der Waals surface area (Å²) in [6.07, 6.45) is 1.97. The lowest BCUT2D eigenvalue weighted by Gasteiger charge is -2.05. The molecular formula is C12H17NS. The summed E-state index contributed by atoms with van der Waals surface area (Å²) in [6.45, 7) is 8.43. The molecule has 1 heterocycles. The van der Waals surface area contributed by atoms with Crippen molar-refractivity contribution in [1.82, 2.24) is 4.37 Å². The van der Waals surface area contributed by atoms with Crippen LogP contribution in [0.15, 0.2) is 24.4 Å². The van der Waals surface area contributed by atoms with Crippen LogP contribution >= 0.6 is 11.5 Å². The molecule has 0 unspecified atom stereocenters. The van der Waals surface area contributed by atoms with Crippen LogP contribution in [0, 0.1) is 0 Å². The average molecular weight is 207 g/mol. The zero-order valence-electron chi connectivity index (χ0n) is 9.24. The minimum absolute atomic E-state index is 0.588. The van der Waals surface area contributed by atoms with Crippen molar-refractivity contribution in [3.63, 3.8) is 0 Å². The molecule has 0 aliphatic carbocycles. The molecule has 2 aromatic rings. The Morgan fingerprint density at radius 2 is 1.93 bits per heavy atom. The molecule has 0 aliphatic heterocycles. The van der Waals surface area contributed by atoms with Crippen LogP contribution < -0.4 is 0 Å². The molecule has 0 radical (unpaired) electrons. The van der Waals surface area contributed by atoms with Gasteiger partial charge >= 0.3 is 0 Å². The van der Waals surface area contributed by atoms with Crippen molar-refractivity contribution in [2.24, 2.45) is 0 Å². The van der Waals surface area contributed by atoms with Gasteiger partial charge in [-0.3, -0.25) is 0 Å². The second-order valence-corrected chi connectivity index (χ2v) is 4.07. The third-order valence-electron chi connectivity index (χ3n) is 2.05. The zero-order valence-corrected chi connectivity index (χ0v) is 10.1.